The van der Waals surface area contributed by atoms with Gasteiger partial charge >= 0.3 is 0 Å². The van der Waals surface area contributed by atoms with E-state index < -0.39 is 0 Å². The van der Waals surface area contributed by atoms with Crippen LogP contribution in [-0.2, 0) is 0 Å². The molecule has 0 aliphatic heterocycles. The van der Waals surface area contributed by atoms with Crippen LogP contribution in [0, 0.1) is 11.6 Å². The van der Waals surface area contributed by atoms with Crippen LogP contribution in [0.3, 0.4) is 0 Å². The predicted molar refractivity (Wildman–Crippen MR) is 246 cm³/mol. The van der Waals surface area contributed by atoms with Crippen LogP contribution >= 0.6 is 0 Å². The molecule has 0 unspecified atom stereocenters. The van der Waals surface area contributed by atoms with E-state index in [4.69, 9.17) is 0 Å². The molecule has 286 valence electrons. The van der Waals surface area contributed by atoms with Gasteiger partial charge in [0, 0.05) is 59.1 Å². The second-order valence-corrected chi connectivity index (χ2v) is 15.5. The van der Waals surface area contributed by atoms with Gasteiger partial charge in [0.05, 0.1) is 16.7 Å². The number of nitrogens with zero attached hydrogens (tertiary/aromatic N) is 4. The van der Waals surface area contributed by atoms with Crippen molar-refractivity contribution in [1.82, 2.24) is 19.5 Å². The zero-order valence-electron chi connectivity index (χ0n) is 32.5. The van der Waals surface area contributed by atoms with Gasteiger partial charge in [0.1, 0.15) is 11.6 Å². The van der Waals surface area contributed by atoms with Crippen LogP contribution in [0.15, 0.2) is 195 Å². The van der Waals surface area contributed by atoms with Crippen LogP contribution in [0.1, 0.15) is 0 Å². The van der Waals surface area contributed by atoms with Crippen LogP contribution in [0.5, 0.6) is 0 Å². The van der Waals surface area contributed by atoms with Gasteiger partial charge in [-0.2, -0.15) is 0 Å². The summed E-state index contributed by atoms with van der Waals surface area (Å²) in [6.45, 7) is 0. The Labute approximate surface area is 348 Å². The Hall–Kier alpha value is -8.09. The lowest BCUT2D eigenvalue weighted by Gasteiger charge is -2.20. The molecule has 0 fully saturated rings. The number of pyridine rings is 3. The lowest BCUT2D eigenvalue weighted by Crippen LogP contribution is -1.99. The molecule has 0 amide bonds. The fourth-order valence-electron chi connectivity index (χ4n) is 9.44. The second kappa shape index (κ2) is 13.8. The van der Waals surface area contributed by atoms with Crippen molar-refractivity contribution in [3.05, 3.63) is 207 Å². The van der Waals surface area contributed by atoms with Gasteiger partial charge in [0.15, 0.2) is 0 Å². The van der Waals surface area contributed by atoms with Crippen molar-refractivity contribution in [1.29, 1.82) is 0 Å². The zero-order valence-corrected chi connectivity index (χ0v) is 32.5. The molecule has 12 rings (SSSR count). The highest BCUT2D eigenvalue weighted by atomic mass is 19.1. The molecule has 4 heterocycles. The Morgan fingerprint density at radius 1 is 0.344 bits per heavy atom. The van der Waals surface area contributed by atoms with Crippen LogP contribution in [0.25, 0.3) is 115 Å². The maximum Gasteiger partial charge on any atom is 0.123 e. The molecule has 0 aliphatic rings. The highest BCUT2D eigenvalue weighted by Gasteiger charge is 2.21. The van der Waals surface area contributed by atoms with E-state index in [1.54, 1.807) is 12.1 Å². The fraction of sp³-hybridized carbons (Fsp3) is 0. The van der Waals surface area contributed by atoms with Crippen molar-refractivity contribution < 1.29 is 8.78 Å². The van der Waals surface area contributed by atoms with Gasteiger partial charge in [0.2, 0.25) is 0 Å². The summed E-state index contributed by atoms with van der Waals surface area (Å²) in [6, 6.07) is 52.3. The SMILES string of the molecule is Fc1ccc2cc(-c3c4ccccc4c(-c4ccc5cc(F)ccc5c4)c4cc(-c5ccncc5-c5cnccc5-n5c6ccccc6c6cnccc65)ccc34)ccc2c1. The van der Waals surface area contributed by atoms with Crippen molar-refractivity contribution >= 4 is 64.9 Å². The van der Waals surface area contributed by atoms with Gasteiger partial charge in [0.25, 0.3) is 0 Å². The van der Waals surface area contributed by atoms with Gasteiger partial charge in [-0.3, -0.25) is 15.0 Å². The molecule has 4 nitrogen and oxygen atoms in total. The van der Waals surface area contributed by atoms with Crippen molar-refractivity contribution in [2.45, 2.75) is 0 Å². The second-order valence-electron chi connectivity index (χ2n) is 15.5. The van der Waals surface area contributed by atoms with Gasteiger partial charge in [-0.25, -0.2) is 8.78 Å². The third-order valence-corrected chi connectivity index (χ3v) is 12.1. The number of hydrogen-bond donors (Lipinski definition) is 0. The van der Waals surface area contributed by atoms with Crippen molar-refractivity contribution in [3.63, 3.8) is 0 Å². The normalized spacial score (nSPS) is 11.8. The number of fused-ring (bicyclic) bond motifs is 7. The van der Waals surface area contributed by atoms with E-state index in [9.17, 15) is 8.78 Å². The van der Waals surface area contributed by atoms with Gasteiger partial charge in [-0.1, -0.05) is 91.0 Å². The molecule has 0 spiro atoms. The van der Waals surface area contributed by atoms with Crippen molar-refractivity contribution in [3.8, 4) is 50.2 Å². The van der Waals surface area contributed by atoms with Crippen LogP contribution in [0.2, 0.25) is 0 Å². The van der Waals surface area contributed by atoms with E-state index in [-0.39, 0.29) is 11.6 Å². The first-order valence-electron chi connectivity index (χ1n) is 20.2. The summed E-state index contributed by atoms with van der Waals surface area (Å²) >= 11 is 0. The van der Waals surface area contributed by atoms with E-state index >= 15 is 0 Å². The fourth-order valence-corrected chi connectivity index (χ4v) is 9.44. The molecule has 4 aromatic heterocycles. The lowest BCUT2D eigenvalue weighted by molar-refractivity contribution is 0.629. The Kier molecular flexibility index (Phi) is 7.87. The smallest absolute Gasteiger partial charge is 0.123 e. The number of benzene rings is 8. The monoisotopic (exact) mass is 786 g/mol. The van der Waals surface area contributed by atoms with Crippen molar-refractivity contribution in [2.75, 3.05) is 0 Å². The highest BCUT2D eigenvalue weighted by molar-refractivity contribution is 6.23. The minimum atomic E-state index is -0.261. The lowest BCUT2D eigenvalue weighted by atomic mass is 9.84. The Bertz CT molecular complexity index is 3700. The summed E-state index contributed by atoms with van der Waals surface area (Å²) in [6.07, 6.45) is 11.3. The van der Waals surface area contributed by atoms with E-state index in [1.807, 2.05) is 61.4 Å². The predicted octanol–water partition coefficient (Wildman–Crippen LogP) is 14.5. The Morgan fingerprint density at radius 3 is 1.59 bits per heavy atom. The minimum Gasteiger partial charge on any atom is -0.308 e. The summed E-state index contributed by atoms with van der Waals surface area (Å²) < 4.78 is 31.0. The van der Waals surface area contributed by atoms with Crippen LogP contribution < -0.4 is 0 Å². The van der Waals surface area contributed by atoms with Crippen LogP contribution in [-0.4, -0.2) is 19.5 Å². The molecule has 0 saturated heterocycles. The minimum absolute atomic E-state index is 0.257. The van der Waals surface area contributed by atoms with E-state index in [2.05, 4.69) is 129 Å². The number of hydrogen-bond acceptors (Lipinski definition) is 3. The number of aromatic nitrogens is 4. The Balaban J connectivity index is 1.13. The third kappa shape index (κ3) is 5.60. The molecule has 0 N–H and O–H groups in total. The molecule has 0 radical (unpaired) electrons. The highest BCUT2D eigenvalue weighted by Crippen LogP contribution is 2.47. The summed E-state index contributed by atoms with van der Waals surface area (Å²) in [4.78, 5) is 13.8. The first-order valence-corrected chi connectivity index (χ1v) is 20.2. The zero-order chi connectivity index (χ0) is 40.6. The molecule has 0 bridgehead atoms. The first-order chi connectivity index (χ1) is 30.1. The molecule has 0 atom stereocenters. The number of para-hydroxylation sites is 1. The van der Waals surface area contributed by atoms with E-state index in [0.29, 0.717) is 0 Å². The third-order valence-electron chi connectivity index (χ3n) is 12.1. The average Bonchev–Trinajstić information content (AvgIpc) is 3.64. The molecule has 61 heavy (non-hydrogen) atoms. The molecule has 6 heteroatoms. The van der Waals surface area contributed by atoms with E-state index in [1.165, 1.54) is 12.1 Å². The number of halogens is 2. The standard InChI is InChI=1S/C55H32F2N4/c56-40-16-13-33-25-38(11-9-35(33)27-40)54-44-6-1-2-7-45(44)55(39-12-10-36-28-41(57)17-14-34(36)26-39)47-29-37(15-18-46(47)54)42-19-22-58-30-48(42)50-32-60-24-21-53(50)61-51-8-4-3-5-43(51)49-31-59-23-20-52(49)61/h1-32H. The van der Waals surface area contributed by atoms with Crippen LogP contribution in [0.4, 0.5) is 8.78 Å². The maximum absolute atomic E-state index is 14.4. The average molecular weight is 787 g/mol. The molecular weight excluding hydrogens is 755 g/mol. The molecule has 0 saturated carbocycles. The molecule has 0 aliphatic carbocycles. The topological polar surface area (TPSA) is 43.6 Å². The van der Waals surface area contributed by atoms with Crippen molar-refractivity contribution in [2.24, 2.45) is 0 Å². The first kappa shape index (κ1) is 34.9. The maximum atomic E-state index is 14.4. The largest absolute Gasteiger partial charge is 0.308 e. The number of rotatable bonds is 5. The summed E-state index contributed by atoms with van der Waals surface area (Å²) in [7, 11) is 0. The molecular formula is C55H32F2N4. The summed E-state index contributed by atoms with van der Waals surface area (Å²) in [5.74, 6) is -0.518. The van der Waals surface area contributed by atoms with Gasteiger partial charge < -0.3 is 4.57 Å². The Morgan fingerprint density at radius 2 is 0.869 bits per heavy atom. The van der Waals surface area contributed by atoms with E-state index in [0.717, 1.165) is 115 Å². The van der Waals surface area contributed by atoms with Gasteiger partial charge in [-0.05, 0) is 143 Å². The summed E-state index contributed by atoms with van der Waals surface area (Å²) in [5, 5.41) is 10.2. The molecule has 8 aromatic carbocycles. The summed E-state index contributed by atoms with van der Waals surface area (Å²) in [5.41, 5.74) is 11.3. The molecule has 12 aromatic rings. The van der Waals surface area contributed by atoms with Gasteiger partial charge in [-0.15, -0.1) is 0 Å². The quantitative estimate of drug-likeness (QED) is 0.163.